The fraction of sp³-hybridized carbons (Fsp3) is 0.259. The molecule has 2 aliphatic heterocycles. The highest BCUT2D eigenvalue weighted by Gasteiger charge is 2.47. The van der Waals surface area contributed by atoms with Gasteiger partial charge in [0, 0.05) is 11.1 Å². The van der Waals surface area contributed by atoms with Gasteiger partial charge in [0.25, 0.3) is 5.91 Å². The minimum absolute atomic E-state index is 0.0534. The smallest absolute Gasteiger partial charge is 0.292 e. The van der Waals surface area contributed by atoms with Crippen LogP contribution in [0.4, 0.5) is 5.69 Å². The van der Waals surface area contributed by atoms with Crippen molar-refractivity contribution < 1.29 is 19.4 Å². The minimum Gasteiger partial charge on any atom is -0.316 e. The topological polar surface area (TPSA) is 46.3 Å². The summed E-state index contributed by atoms with van der Waals surface area (Å²) in [5.74, 6) is -0.137. The SMILES string of the molecule is O=C1C[C@H]([NH+]2CC[NH+](C(c3ccccc3)c3ccccc3)CC2)C(=O)N1c1ccccc1. The number of benzene rings is 3. The molecule has 0 spiro atoms. The molecule has 0 radical (unpaired) electrons. The molecule has 32 heavy (non-hydrogen) atoms. The summed E-state index contributed by atoms with van der Waals surface area (Å²) in [7, 11) is 0. The number of rotatable bonds is 5. The molecule has 0 unspecified atom stereocenters. The molecule has 5 heteroatoms. The Bertz CT molecular complexity index is 1020. The molecule has 2 N–H and O–H groups in total. The van der Waals surface area contributed by atoms with Crippen LogP contribution in [0.5, 0.6) is 0 Å². The van der Waals surface area contributed by atoms with Gasteiger partial charge in [0.15, 0.2) is 6.04 Å². The van der Waals surface area contributed by atoms with Gasteiger partial charge in [0.05, 0.1) is 12.1 Å². The summed E-state index contributed by atoms with van der Waals surface area (Å²) in [6.07, 6.45) is 0.305. The van der Waals surface area contributed by atoms with Gasteiger partial charge in [0.2, 0.25) is 5.91 Å². The number of amides is 2. The number of nitrogens with one attached hydrogen (secondary N) is 2. The number of carbonyl (C=O) groups is 2. The average Bonchev–Trinajstić information content (AvgIpc) is 3.15. The normalized spacial score (nSPS) is 23.7. The number of piperazine rings is 1. The van der Waals surface area contributed by atoms with E-state index in [1.165, 1.54) is 25.8 Å². The largest absolute Gasteiger partial charge is 0.316 e. The quantitative estimate of drug-likeness (QED) is 0.595. The van der Waals surface area contributed by atoms with Gasteiger partial charge in [-0.25, -0.2) is 4.90 Å². The number of para-hydroxylation sites is 1. The van der Waals surface area contributed by atoms with Crippen molar-refractivity contribution in [1.29, 1.82) is 0 Å². The molecular formula is C27H29N3O2+2. The first-order valence-electron chi connectivity index (χ1n) is 11.4. The maximum atomic E-state index is 13.2. The molecule has 0 aromatic heterocycles. The average molecular weight is 428 g/mol. The summed E-state index contributed by atoms with van der Waals surface area (Å²) >= 11 is 0. The van der Waals surface area contributed by atoms with Crippen molar-refractivity contribution in [1.82, 2.24) is 0 Å². The van der Waals surface area contributed by atoms with Gasteiger partial charge in [-0.3, -0.25) is 9.59 Å². The predicted octanol–water partition coefficient (Wildman–Crippen LogP) is 0.892. The molecule has 0 saturated carbocycles. The zero-order valence-corrected chi connectivity index (χ0v) is 18.1. The molecule has 5 rings (SSSR count). The summed E-state index contributed by atoms with van der Waals surface area (Å²) < 4.78 is 0. The first-order chi connectivity index (χ1) is 15.7. The maximum absolute atomic E-state index is 13.2. The van der Waals surface area contributed by atoms with E-state index in [9.17, 15) is 9.59 Å². The first kappa shape index (κ1) is 20.6. The number of nitrogens with zero attached hydrogens (tertiary/aromatic N) is 1. The van der Waals surface area contributed by atoms with Crippen LogP contribution in [0.15, 0.2) is 91.0 Å². The molecule has 0 bridgehead atoms. The Morgan fingerprint density at radius 2 is 1.19 bits per heavy atom. The van der Waals surface area contributed by atoms with Crippen molar-refractivity contribution in [2.24, 2.45) is 0 Å². The van der Waals surface area contributed by atoms with Crippen molar-refractivity contribution in [3.63, 3.8) is 0 Å². The predicted molar refractivity (Wildman–Crippen MR) is 123 cm³/mol. The van der Waals surface area contributed by atoms with Crippen molar-refractivity contribution >= 4 is 17.5 Å². The van der Waals surface area contributed by atoms with E-state index in [2.05, 4.69) is 60.7 Å². The Hall–Kier alpha value is -3.28. The van der Waals surface area contributed by atoms with E-state index in [0.29, 0.717) is 12.1 Å². The monoisotopic (exact) mass is 427 g/mol. The van der Waals surface area contributed by atoms with Gasteiger partial charge in [0.1, 0.15) is 32.2 Å². The van der Waals surface area contributed by atoms with Crippen LogP contribution in [0.1, 0.15) is 23.6 Å². The zero-order chi connectivity index (χ0) is 21.9. The summed E-state index contributed by atoms with van der Waals surface area (Å²) in [6.45, 7) is 3.70. The highest BCUT2D eigenvalue weighted by Crippen LogP contribution is 2.22. The van der Waals surface area contributed by atoms with Crippen molar-refractivity contribution in [3.8, 4) is 0 Å². The van der Waals surface area contributed by atoms with E-state index < -0.39 is 0 Å². The van der Waals surface area contributed by atoms with Crippen molar-refractivity contribution in [2.75, 3.05) is 31.1 Å². The van der Waals surface area contributed by atoms with Gasteiger partial charge in [-0.15, -0.1) is 0 Å². The van der Waals surface area contributed by atoms with Gasteiger partial charge in [-0.1, -0.05) is 78.9 Å². The first-order valence-corrected chi connectivity index (χ1v) is 11.4. The van der Waals surface area contributed by atoms with E-state index in [4.69, 9.17) is 0 Å². The molecule has 5 nitrogen and oxygen atoms in total. The van der Waals surface area contributed by atoms with E-state index >= 15 is 0 Å². The second-order valence-electron chi connectivity index (χ2n) is 8.73. The number of anilines is 1. The van der Waals surface area contributed by atoms with Crippen LogP contribution in [0, 0.1) is 0 Å². The van der Waals surface area contributed by atoms with Gasteiger partial charge < -0.3 is 9.80 Å². The molecule has 2 saturated heterocycles. The lowest BCUT2D eigenvalue weighted by molar-refractivity contribution is -1.03. The fourth-order valence-corrected chi connectivity index (χ4v) is 5.28. The van der Waals surface area contributed by atoms with E-state index in [1.807, 2.05) is 30.3 Å². The Balaban J connectivity index is 1.31. The Morgan fingerprint density at radius 3 is 1.72 bits per heavy atom. The molecule has 3 aromatic rings. The van der Waals surface area contributed by atoms with Crippen LogP contribution in [0.3, 0.4) is 0 Å². The molecule has 2 heterocycles. The third kappa shape index (κ3) is 3.97. The fourth-order valence-electron chi connectivity index (χ4n) is 5.28. The summed E-state index contributed by atoms with van der Waals surface area (Å²) in [5.41, 5.74) is 3.32. The zero-order valence-electron chi connectivity index (χ0n) is 18.1. The van der Waals surface area contributed by atoms with E-state index in [0.717, 1.165) is 26.2 Å². The van der Waals surface area contributed by atoms with Gasteiger partial charge in [-0.2, -0.15) is 0 Å². The number of carbonyl (C=O) groups excluding carboxylic acids is 2. The summed E-state index contributed by atoms with van der Waals surface area (Å²) in [4.78, 5) is 30.0. The number of quaternary nitrogens is 2. The molecule has 0 aliphatic carbocycles. The molecule has 2 fully saturated rings. The highest BCUT2D eigenvalue weighted by atomic mass is 16.2. The second kappa shape index (κ2) is 9.07. The van der Waals surface area contributed by atoms with Crippen molar-refractivity contribution in [3.05, 3.63) is 102 Å². The van der Waals surface area contributed by atoms with Crippen LogP contribution in [-0.2, 0) is 9.59 Å². The number of imide groups is 1. The Morgan fingerprint density at radius 1 is 0.688 bits per heavy atom. The Labute approximate surface area is 188 Å². The lowest BCUT2D eigenvalue weighted by Crippen LogP contribution is -3.30. The molecule has 2 aliphatic rings. The molecule has 162 valence electrons. The molecule has 2 amide bonds. The van der Waals surface area contributed by atoms with Crippen molar-refractivity contribution in [2.45, 2.75) is 18.5 Å². The van der Waals surface area contributed by atoms with Crippen LogP contribution >= 0.6 is 0 Å². The maximum Gasteiger partial charge on any atom is 0.292 e. The standard InChI is InChI=1S/C27H27N3O2/c31-25-20-24(27(32)30(25)23-14-8-3-9-15-23)28-16-18-29(19-17-28)26(21-10-4-1-5-11-21)22-12-6-2-7-13-22/h1-15,24,26H,16-20H2/p+2/t24-/m0/s1. The number of hydrogen-bond donors (Lipinski definition) is 2. The van der Waals surface area contributed by atoms with Gasteiger partial charge >= 0.3 is 0 Å². The lowest BCUT2D eigenvalue weighted by Gasteiger charge is -2.36. The van der Waals surface area contributed by atoms with E-state index in [-0.39, 0.29) is 23.9 Å². The second-order valence-corrected chi connectivity index (χ2v) is 8.73. The highest BCUT2D eigenvalue weighted by molar-refractivity contribution is 6.21. The Kier molecular flexibility index (Phi) is 5.84. The molecule has 3 aromatic carbocycles. The molecule has 1 atom stereocenters. The summed E-state index contributed by atoms with van der Waals surface area (Å²) in [5, 5.41) is 0. The molecular weight excluding hydrogens is 398 g/mol. The van der Waals surface area contributed by atoms with Crippen LogP contribution in [0.2, 0.25) is 0 Å². The van der Waals surface area contributed by atoms with Crippen LogP contribution in [-0.4, -0.2) is 44.0 Å². The third-order valence-corrected chi connectivity index (χ3v) is 6.86. The van der Waals surface area contributed by atoms with Gasteiger partial charge in [-0.05, 0) is 12.1 Å². The van der Waals surface area contributed by atoms with Crippen LogP contribution in [0.25, 0.3) is 0 Å². The summed E-state index contributed by atoms with van der Waals surface area (Å²) in [6, 6.07) is 30.7. The minimum atomic E-state index is -0.267. The van der Waals surface area contributed by atoms with Crippen LogP contribution < -0.4 is 14.7 Å². The van der Waals surface area contributed by atoms with E-state index in [1.54, 1.807) is 0 Å². The lowest BCUT2D eigenvalue weighted by atomic mass is 9.96. The number of hydrogen-bond acceptors (Lipinski definition) is 2. The third-order valence-electron chi connectivity index (χ3n) is 6.86.